The fraction of sp³-hybridized carbons (Fsp3) is 0.550. The lowest BCUT2D eigenvalue weighted by Crippen LogP contribution is -2.54. The van der Waals surface area contributed by atoms with Crippen LogP contribution in [0.15, 0.2) is 18.2 Å². The van der Waals surface area contributed by atoms with E-state index in [1.807, 2.05) is 27.7 Å². The highest BCUT2D eigenvalue weighted by molar-refractivity contribution is 6.15. The first-order valence-electron chi connectivity index (χ1n) is 9.50. The number of nitrogens with zero attached hydrogens (tertiary/aromatic N) is 1. The monoisotopic (exact) mass is 373 g/mol. The van der Waals surface area contributed by atoms with Crippen LogP contribution < -0.4 is 10.6 Å². The summed E-state index contributed by atoms with van der Waals surface area (Å²) < 4.78 is 14.0. The van der Waals surface area contributed by atoms with Crippen molar-refractivity contribution in [3.05, 3.63) is 29.6 Å². The van der Waals surface area contributed by atoms with Crippen LogP contribution in [0.4, 0.5) is 10.1 Å². The third kappa shape index (κ3) is 2.18. The van der Waals surface area contributed by atoms with Crippen molar-refractivity contribution in [2.24, 2.45) is 17.8 Å². The molecule has 3 aliphatic rings. The van der Waals surface area contributed by atoms with Crippen molar-refractivity contribution in [2.75, 3.05) is 5.32 Å². The lowest BCUT2D eigenvalue weighted by molar-refractivity contribution is -0.145. The van der Waals surface area contributed by atoms with Gasteiger partial charge in [0, 0.05) is 23.3 Å². The number of fused-ring (bicyclic) bond motifs is 4. The van der Waals surface area contributed by atoms with Gasteiger partial charge in [-0.2, -0.15) is 0 Å². The second-order valence-corrected chi connectivity index (χ2v) is 8.17. The van der Waals surface area contributed by atoms with Crippen molar-refractivity contribution in [1.82, 2.24) is 10.2 Å². The van der Waals surface area contributed by atoms with Gasteiger partial charge in [0.05, 0.1) is 11.8 Å². The molecule has 0 saturated carbocycles. The van der Waals surface area contributed by atoms with Crippen molar-refractivity contribution in [3.8, 4) is 0 Å². The number of imide groups is 1. The molecule has 4 rings (SSSR count). The van der Waals surface area contributed by atoms with Gasteiger partial charge in [-0.1, -0.05) is 20.8 Å². The number of halogens is 1. The molecule has 2 N–H and O–H groups in total. The molecule has 144 valence electrons. The Balaban J connectivity index is 1.92. The molecule has 0 aliphatic carbocycles. The Hall–Kier alpha value is -2.28. The molecule has 6 nitrogen and oxygen atoms in total. The third-order valence-corrected chi connectivity index (χ3v) is 6.40. The average Bonchev–Trinajstić information content (AvgIpc) is 3.20. The van der Waals surface area contributed by atoms with Crippen molar-refractivity contribution in [1.29, 1.82) is 0 Å². The molecule has 2 saturated heterocycles. The van der Waals surface area contributed by atoms with Gasteiger partial charge in [-0.3, -0.25) is 24.6 Å². The molecule has 3 amide bonds. The first-order valence-corrected chi connectivity index (χ1v) is 9.50. The first kappa shape index (κ1) is 18.1. The molecule has 3 heterocycles. The Morgan fingerprint density at radius 1 is 1.19 bits per heavy atom. The second-order valence-electron chi connectivity index (χ2n) is 8.17. The normalized spacial score (nSPS) is 33.0. The minimum Gasteiger partial charge on any atom is -0.324 e. The van der Waals surface area contributed by atoms with Crippen LogP contribution in [0.5, 0.6) is 0 Å². The molecule has 0 unspecified atom stereocenters. The number of carbonyl (C=O) groups is 3. The summed E-state index contributed by atoms with van der Waals surface area (Å²) in [5, 5.41) is 6.07. The smallest absolute Gasteiger partial charge is 0.250 e. The molecule has 7 heteroatoms. The Kier molecular flexibility index (Phi) is 3.93. The van der Waals surface area contributed by atoms with Gasteiger partial charge >= 0.3 is 0 Å². The lowest BCUT2D eigenvalue weighted by Gasteiger charge is -2.31. The zero-order valence-corrected chi connectivity index (χ0v) is 15.9. The topological polar surface area (TPSA) is 78.5 Å². The summed E-state index contributed by atoms with van der Waals surface area (Å²) >= 11 is 0. The molecule has 0 aromatic heterocycles. The maximum Gasteiger partial charge on any atom is 0.250 e. The average molecular weight is 373 g/mol. The van der Waals surface area contributed by atoms with Crippen LogP contribution in [0.1, 0.15) is 39.7 Å². The van der Waals surface area contributed by atoms with Crippen LogP contribution in [0.2, 0.25) is 0 Å². The van der Waals surface area contributed by atoms with Crippen molar-refractivity contribution < 1.29 is 18.8 Å². The lowest BCUT2D eigenvalue weighted by atomic mass is 9.76. The number of nitrogens with one attached hydrogen (secondary N) is 2. The number of benzene rings is 1. The molecule has 3 aliphatic heterocycles. The van der Waals surface area contributed by atoms with Crippen LogP contribution in [-0.2, 0) is 19.9 Å². The summed E-state index contributed by atoms with van der Waals surface area (Å²) in [4.78, 5) is 41.0. The predicted molar refractivity (Wildman–Crippen MR) is 97.1 cm³/mol. The van der Waals surface area contributed by atoms with E-state index in [1.165, 1.54) is 23.1 Å². The van der Waals surface area contributed by atoms with Crippen LogP contribution in [-0.4, -0.2) is 34.7 Å². The minimum atomic E-state index is -1.41. The predicted octanol–water partition coefficient (Wildman–Crippen LogP) is 2.00. The number of hydrogen-bond donors (Lipinski definition) is 2. The Morgan fingerprint density at radius 2 is 1.89 bits per heavy atom. The molecule has 1 aromatic carbocycles. The van der Waals surface area contributed by atoms with Crippen LogP contribution in [0.25, 0.3) is 0 Å². The van der Waals surface area contributed by atoms with Gasteiger partial charge in [0.1, 0.15) is 11.4 Å². The minimum absolute atomic E-state index is 0.0240. The van der Waals surface area contributed by atoms with Gasteiger partial charge in [-0.25, -0.2) is 4.39 Å². The fourth-order valence-electron chi connectivity index (χ4n) is 4.92. The molecule has 1 spiro atoms. The van der Waals surface area contributed by atoms with E-state index in [-0.39, 0.29) is 29.8 Å². The first-order chi connectivity index (χ1) is 12.7. The van der Waals surface area contributed by atoms with Gasteiger partial charge in [0.15, 0.2) is 0 Å². The number of rotatable bonds is 3. The van der Waals surface area contributed by atoms with E-state index < -0.39 is 29.1 Å². The molecular formula is C20H24FN3O3. The zero-order chi connectivity index (χ0) is 19.7. The summed E-state index contributed by atoms with van der Waals surface area (Å²) in [6, 6.07) is 3.49. The number of anilines is 1. The van der Waals surface area contributed by atoms with E-state index in [0.29, 0.717) is 17.7 Å². The molecule has 27 heavy (non-hydrogen) atoms. The van der Waals surface area contributed by atoms with E-state index in [1.54, 1.807) is 0 Å². The van der Waals surface area contributed by atoms with E-state index in [2.05, 4.69) is 10.6 Å². The van der Waals surface area contributed by atoms with Crippen molar-refractivity contribution in [3.63, 3.8) is 0 Å². The molecule has 0 radical (unpaired) electrons. The SMILES string of the molecule is CC[C@H](C)N1C(=O)[C@@H]2[C@@H](C(C)C)N[C@]3(C(=O)Nc4ccc(F)cc43)[C@@H]2C1=O. The standard InChI is InChI=1S/C20H24FN3O3/c1-5-10(4)24-17(25)14-15(18(24)26)20(23-16(14)9(2)3)12-8-11(21)6-7-13(12)22-19(20)27/h6-10,14-16,23H,5H2,1-4H3,(H,22,27)/t10-,14-,15-,16+,20-/m0/s1. The van der Waals surface area contributed by atoms with Gasteiger partial charge < -0.3 is 5.32 Å². The molecule has 0 bridgehead atoms. The summed E-state index contributed by atoms with van der Waals surface area (Å²) in [6.45, 7) is 7.66. The van der Waals surface area contributed by atoms with Crippen LogP contribution in [0.3, 0.4) is 0 Å². The fourth-order valence-corrected chi connectivity index (χ4v) is 4.92. The molecular weight excluding hydrogens is 349 g/mol. The van der Waals surface area contributed by atoms with Crippen LogP contribution in [0, 0.1) is 23.6 Å². The second kappa shape index (κ2) is 5.86. The summed E-state index contributed by atoms with van der Waals surface area (Å²) in [5.41, 5.74) is -0.511. The summed E-state index contributed by atoms with van der Waals surface area (Å²) in [7, 11) is 0. The Bertz CT molecular complexity index is 855. The van der Waals surface area contributed by atoms with Crippen molar-refractivity contribution >= 4 is 23.4 Å². The molecule has 2 fully saturated rings. The van der Waals surface area contributed by atoms with Crippen molar-refractivity contribution in [2.45, 2.75) is 51.7 Å². The summed E-state index contributed by atoms with van der Waals surface area (Å²) in [6.07, 6.45) is 0.640. The van der Waals surface area contributed by atoms with E-state index in [0.717, 1.165) is 0 Å². The van der Waals surface area contributed by atoms with E-state index in [4.69, 9.17) is 0 Å². The van der Waals surface area contributed by atoms with Gasteiger partial charge in [0.25, 0.3) is 0 Å². The number of carbonyl (C=O) groups excluding carboxylic acids is 3. The Morgan fingerprint density at radius 3 is 2.52 bits per heavy atom. The quantitative estimate of drug-likeness (QED) is 0.795. The van der Waals surface area contributed by atoms with E-state index >= 15 is 0 Å². The highest BCUT2D eigenvalue weighted by Gasteiger charge is 2.71. The van der Waals surface area contributed by atoms with Gasteiger partial charge in [-0.15, -0.1) is 0 Å². The maximum atomic E-state index is 14.0. The third-order valence-electron chi connectivity index (χ3n) is 6.40. The maximum absolute atomic E-state index is 14.0. The Labute approximate surface area is 157 Å². The highest BCUT2D eigenvalue weighted by Crippen LogP contribution is 2.54. The summed E-state index contributed by atoms with van der Waals surface area (Å²) in [5.74, 6) is -2.93. The van der Waals surface area contributed by atoms with Gasteiger partial charge in [0.2, 0.25) is 17.7 Å². The molecule has 5 atom stereocenters. The van der Waals surface area contributed by atoms with Crippen LogP contribution >= 0.6 is 0 Å². The van der Waals surface area contributed by atoms with E-state index in [9.17, 15) is 18.8 Å². The molecule has 1 aromatic rings. The highest BCUT2D eigenvalue weighted by atomic mass is 19.1. The number of hydrogen-bond acceptors (Lipinski definition) is 4. The number of likely N-dealkylation sites (tertiary alicyclic amines) is 1. The zero-order valence-electron chi connectivity index (χ0n) is 15.9. The number of amides is 3. The largest absolute Gasteiger partial charge is 0.324 e. The van der Waals surface area contributed by atoms with Gasteiger partial charge in [-0.05, 0) is 37.5 Å².